The molecule has 0 amide bonds. The van der Waals surface area contributed by atoms with Crippen molar-refractivity contribution in [2.24, 2.45) is 0 Å². The quantitative estimate of drug-likeness (QED) is 0.830. The number of hydrogen-bond acceptors (Lipinski definition) is 3. The van der Waals surface area contributed by atoms with Crippen LogP contribution < -0.4 is 5.69 Å². The lowest BCUT2D eigenvalue weighted by atomic mass is 10.2. The van der Waals surface area contributed by atoms with E-state index in [0.717, 1.165) is 12.1 Å². The highest BCUT2D eigenvalue weighted by molar-refractivity contribution is 9.09. The number of hydrogen-bond donors (Lipinski definition) is 1. The van der Waals surface area contributed by atoms with E-state index in [1.165, 1.54) is 4.40 Å². The maximum absolute atomic E-state index is 11.3. The number of aromatic nitrogens is 4. The van der Waals surface area contributed by atoms with Gasteiger partial charge in [0.15, 0.2) is 5.65 Å². The average molecular weight is 271 g/mol. The van der Waals surface area contributed by atoms with Gasteiger partial charge in [-0.3, -0.25) is 0 Å². The molecule has 5 nitrogen and oxygen atoms in total. The molecule has 0 aliphatic heterocycles. The minimum Gasteiger partial charge on any atom is -0.246 e. The maximum atomic E-state index is 11.3. The van der Waals surface area contributed by atoms with Gasteiger partial charge < -0.3 is 0 Å². The standard InChI is InChI=1S/C9H11BrN4O/c1-5(10)3-7-4-8-12-13-9(15)14(8)6(2)11-7/h4-5H,3H2,1-2H3,(H,13,15). The molecule has 1 N–H and O–H groups in total. The molecule has 0 saturated heterocycles. The summed E-state index contributed by atoms with van der Waals surface area (Å²) >= 11 is 3.47. The normalized spacial score (nSPS) is 13.3. The number of rotatable bonds is 2. The van der Waals surface area contributed by atoms with E-state index >= 15 is 0 Å². The summed E-state index contributed by atoms with van der Waals surface area (Å²) < 4.78 is 1.46. The van der Waals surface area contributed by atoms with Crippen molar-refractivity contribution in [1.82, 2.24) is 19.6 Å². The van der Waals surface area contributed by atoms with E-state index < -0.39 is 0 Å². The molecular weight excluding hydrogens is 260 g/mol. The first-order valence-corrected chi connectivity index (χ1v) is 5.57. The van der Waals surface area contributed by atoms with Crippen LogP contribution in [0, 0.1) is 6.92 Å². The van der Waals surface area contributed by atoms with E-state index in [1.54, 1.807) is 6.92 Å². The van der Waals surface area contributed by atoms with Gasteiger partial charge in [-0.25, -0.2) is 19.3 Å². The molecule has 80 valence electrons. The van der Waals surface area contributed by atoms with E-state index in [2.05, 4.69) is 38.0 Å². The number of aromatic amines is 1. The number of H-pyrrole nitrogens is 1. The summed E-state index contributed by atoms with van der Waals surface area (Å²) in [6, 6.07) is 1.82. The van der Waals surface area contributed by atoms with Crippen molar-refractivity contribution in [2.45, 2.75) is 25.1 Å². The predicted octanol–water partition coefficient (Wildman–Crippen LogP) is 1.05. The Labute approximate surface area is 94.7 Å². The molecule has 0 spiro atoms. The van der Waals surface area contributed by atoms with Gasteiger partial charge in [-0.05, 0) is 6.92 Å². The summed E-state index contributed by atoms with van der Waals surface area (Å²) in [6.45, 7) is 3.85. The molecule has 1 atom stereocenters. The zero-order chi connectivity index (χ0) is 11.0. The fourth-order valence-electron chi connectivity index (χ4n) is 1.55. The molecule has 0 fully saturated rings. The van der Waals surface area contributed by atoms with Crippen LogP contribution in [0.4, 0.5) is 0 Å². The van der Waals surface area contributed by atoms with Crippen LogP contribution in [0.25, 0.3) is 5.65 Å². The zero-order valence-electron chi connectivity index (χ0n) is 8.49. The van der Waals surface area contributed by atoms with E-state index in [1.807, 2.05) is 6.07 Å². The van der Waals surface area contributed by atoms with E-state index in [9.17, 15) is 4.79 Å². The minimum atomic E-state index is -0.242. The largest absolute Gasteiger partial charge is 0.349 e. The van der Waals surface area contributed by atoms with Crippen LogP contribution in [0.2, 0.25) is 0 Å². The molecule has 2 aromatic rings. The molecule has 0 bridgehead atoms. The first kappa shape index (κ1) is 10.4. The monoisotopic (exact) mass is 270 g/mol. The van der Waals surface area contributed by atoms with E-state index in [0.29, 0.717) is 16.3 Å². The Balaban J connectivity index is 2.58. The highest BCUT2D eigenvalue weighted by Crippen LogP contribution is 2.09. The smallest absolute Gasteiger partial charge is 0.246 e. The van der Waals surface area contributed by atoms with Gasteiger partial charge in [0.25, 0.3) is 0 Å². The Hall–Kier alpha value is -1.17. The summed E-state index contributed by atoms with van der Waals surface area (Å²) in [5.74, 6) is 0.661. The van der Waals surface area contributed by atoms with Crippen molar-refractivity contribution in [2.75, 3.05) is 0 Å². The third-order valence-electron chi connectivity index (χ3n) is 2.11. The molecule has 2 heterocycles. The van der Waals surface area contributed by atoms with E-state index in [-0.39, 0.29) is 5.69 Å². The second-order valence-electron chi connectivity index (χ2n) is 3.50. The van der Waals surface area contributed by atoms with Crippen LogP contribution in [0.1, 0.15) is 18.4 Å². The molecule has 2 aromatic heterocycles. The fourth-order valence-corrected chi connectivity index (χ4v) is 1.88. The van der Waals surface area contributed by atoms with Crippen LogP contribution in [-0.4, -0.2) is 24.4 Å². The second-order valence-corrected chi connectivity index (χ2v) is 5.07. The molecule has 1 unspecified atom stereocenters. The lowest BCUT2D eigenvalue weighted by molar-refractivity contribution is 0.857. The molecule has 0 aromatic carbocycles. The Morgan fingerprint density at radius 3 is 3.07 bits per heavy atom. The summed E-state index contributed by atoms with van der Waals surface area (Å²) in [5.41, 5.74) is 1.31. The number of alkyl halides is 1. The van der Waals surface area contributed by atoms with Gasteiger partial charge in [0, 0.05) is 23.0 Å². The number of aryl methyl sites for hydroxylation is 1. The summed E-state index contributed by atoms with van der Waals surface area (Å²) in [7, 11) is 0. The van der Waals surface area contributed by atoms with Gasteiger partial charge in [0.1, 0.15) is 5.82 Å². The molecule has 6 heteroatoms. The third-order valence-corrected chi connectivity index (χ3v) is 2.44. The third kappa shape index (κ3) is 1.94. The van der Waals surface area contributed by atoms with Gasteiger partial charge >= 0.3 is 5.69 Å². The molecular formula is C9H11BrN4O. The van der Waals surface area contributed by atoms with Crippen molar-refractivity contribution in [1.29, 1.82) is 0 Å². The van der Waals surface area contributed by atoms with Crippen LogP contribution in [0.3, 0.4) is 0 Å². The van der Waals surface area contributed by atoms with Crippen LogP contribution in [0.5, 0.6) is 0 Å². The van der Waals surface area contributed by atoms with Gasteiger partial charge in [-0.1, -0.05) is 22.9 Å². The Morgan fingerprint density at radius 1 is 1.67 bits per heavy atom. The number of fused-ring (bicyclic) bond motifs is 1. The Morgan fingerprint density at radius 2 is 2.40 bits per heavy atom. The van der Waals surface area contributed by atoms with Gasteiger partial charge in [0.05, 0.1) is 0 Å². The molecule has 0 saturated carbocycles. The van der Waals surface area contributed by atoms with Crippen molar-refractivity contribution >= 4 is 21.6 Å². The van der Waals surface area contributed by atoms with Crippen LogP contribution in [-0.2, 0) is 6.42 Å². The first-order chi connectivity index (χ1) is 7.08. The fraction of sp³-hybridized carbons (Fsp3) is 0.444. The van der Waals surface area contributed by atoms with Crippen molar-refractivity contribution in [3.05, 3.63) is 28.1 Å². The molecule has 0 radical (unpaired) electrons. The summed E-state index contributed by atoms with van der Waals surface area (Å²) in [6.07, 6.45) is 0.818. The number of halogens is 1. The van der Waals surface area contributed by atoms with Crippen LogP contribution in [0.15, 0.2) is 10.9 Å². The van der Waals surface area contributed by atoms with Gasteiger partial charge in [-0.15, -0.1) is 0 Å². The van der Waals surface area contributed by atoms with Crippen molar-refractivity contribution in [3.63, 3.8) is 0 Å². The number of nitrogens with one attached hydrogen (secondary N) is 1. The molecule has 0 aliphatic carbocycles. The molecule has 15 heavy (non-hydrogen) atoms. The minimum absolute atomic E-state index is 0.242. The molecule has 2 rings (SSSR count). The van der Waals surface area contributed by atoms with Crippen molar-refractivity contribution < 1.29 is 0 Å². The highest BCUT2D eigenvalue weighted by atomic mass is 79.9. The van der Waals surface area contributed by atoms with E-state index in [4.69, 9.17) is 0 Å². The van der Waals surface area contributed by atoms with Crippen molar-refractivity contribution in [3.8, 4) is 0 Å². The second kappa shape index (κ2) is 3.77. The lowest BCUT2D eigenvalue weighted by Gasteiger charge is -2.04. The first-order valence-electron chi connectivity index (χ1n) is 4.65. The average Bonchev–Trinajstić information content (AvgIpc) is 2.46. The Kier molecular flexibility index (Phi) is 2.60. The lowest BCUT2D eigenvalue weighted by Crippen LogP contribution is -2.14. The molecule has 0 aliphatic rings. The summed E-state index contributed by atoms with van der Waals surface area (Å²) in [5, 5.41) is 6.32. The topological polar surface area (TPSA) is 63.0 Å². The van der Waals surface area contributed by atoms with Gasteiger partial charge in [-0.2, -0.15) is 5.10 Å². The van der Waals surface area contributed by atoms with Gasteiger partial charge in [0.2, 0.25) is 0 Å². The predicted molar refractivity (Wildman–Crippen MR) is 60.4 cm³/mol. The maximum Gasteiger partial charge on any atom is 0.349 e. The summed E-state index contributed by atoms with van der Waals surface area (Å²) in [4.78, 5) is 16.0. The zero-order valence-corrected chi connectivity index (χ0v) is 10.1. The Bertz CT molecular complexity index is 543. The highest BCUT2D eigenvalue weighted by Gasteiger charge is 2.08. The van der Waals surface area contributed by atoms with Crippen LogP contribution >= 0.6 is 15.9 Å². The SMILES string of the molecule is Cc1nc(CC(C)Br)cc2n[nH]c(=O)n12. The number of nitrogens with zero attached hydrogens (tertiary/aromatic N) is 3.